The Morgan fingerprint density at radius 3 is 2.40 bits per heavy atom. The lowest BCUT2D eigenvalue weighted by Crippen LogP contribution is -2.48. The molecule has 0 spiro atoms. The normalized spacial score (nSPS) is 15.4. The van der Waals surface area contributed by atoms with E-state index in [2.05, 4.69) is 34.9 Å². The minimum absolute atomic E-state index is 0.0166. The van der Waals surface area contributed by atoms with Gasteiger partial charge in [-0.15, -0.1) is 0 Å². The van der Waals surface area contributed by atoms with Crippen molar-refractivity contribution in [2.24, 2.45) is 0 Å². The number of allylic oxidation sites excluding steroid dienone is 3. The number of nitrogens with one attached hydrogen (secondary N) is 1. The largest absolute Gasteiger partial charge is 0.368 e. The van der Waals surface area contributed by atoms with E-state index >= 15 is 0 Å². The molecule has 1 fully saturated rings. The monoisotopic (exact) mass is 425 g/mol. The molecule has 3 rings (SSSR count). The van der Waals surface area contributed by atoms with Gasteiger partial charge in [-0.1, -0.05) is 43.5 Å². The van der Waals surface area contributed by atoms with E-state index < -0.39 is 16.8 Å². The summed E-state index contributed by atoms with van der Waals surface area (Å²) in [4.78, 5) is 17.4. The standard InChI is InChI=1S/C23H24FN3O2S/c1-3-8-22(18(2)24)25-30(29)21-12-7-9-19(17-21)23(28)27-15-13-26(14-16-27)20-10-5-4-6-11-20/h3-12,17,25H,1-2,13-16H2/b22-8+. The van der Waals surface area contributed by atoms with Crippen LogP contribution in [-0.4, -0.2) is 41.2 Å². The van der Waals surface area contributed by atoms with Gasteiger partial charge >= 0.3 is 0 Å². The molecule has 1 aliphatic rings. The van der Waals surface area contributed by atoms with Gasteiger partial charge in [0.25, 0.3) is 5.91 Å². The maximum absolute atomic E-state index is 13.5. The quantitative estimate of drug-likeness (QED) is 0.687. The lowest BCUT2D eigenvalue weighted by atomic mass is 10.1. The van der Waals surface area contributed by atoms with Crippen molar-refractivity contribution in [1.29, 1.82) is 0 Å². The number of carbonyl (C=O) groups is 1. The van der Waals surface area contributed by atoms with Gasteiger partial charge in [-0.25, -0.2) is 8.60 Å². The van der Waals surface area contributed by atoms with E-state index in [9.17, 15) is 13.4 Å². The Bertz CT molecular complexity index is 983. The van der Waals surface area contributed by atoms with Gasteiger partial charge in [0.1, 0.15) is 16.8 Å². The molecule has 1 amide bonds. The topological polar surface area (TPSA) is 52.7 Å². The molecule has 156 valence electrons. The minimum Gasteiger partial charge on any atom is -0.368 e. The van der Waals surface area contributed by atoms with E-state index in [1.807, 2.05) is 18.2 Å². The van der Waals surface area contributed by atoms with E-state index in [1.54, 1.807) is 29.2 Å². The smallest absolute Gasteiger partial charge is 0.254 e. The van der Waals surface area contributed by atoms with Crippen LogP contribution in [0.1, 0.15) is 10.4 Å². The molecule has 1 unspecified atom stereocenters. The summed E-state index contributed by atoms with van der Waals surface area (Å²) in [6.45, 7) is 9.41. The lowest BCUT2D eigenvalue weighted by molar-refractivity contribution is 0.0746. The molecule has 1 atom stereocenters. The fourth-order valence-corrected chi connectivity index (χ4v) is 4.12. The van der Waals surface area contributed by atoms with E-state index in [-0.39, 0.29) is 11.6 Å². The van der Waals surface area contributed by atoms with Crippen molar-refractivity contribution in [3.63, 3.8) is 0 Å². The molecule has 0 aromatic heterocycles. The number of hydrogen-bond acceptors (Lipinski definition) is 3. The Balaban J connectivity index is 1.66. The zero-order valence-corrected chi connectivity index (χ0v) is 17.4. The van der Waals surface area contributed by atoms with Gasteiger partial charge in [-0.3, -0.25) is 9.52 Å². The summed E-state index contributed by atoms with van der Waals surface area (Å²) in [6.07, 6.45) is 2.72. The number of anilines is 1. The van der Waals surface area contributed by atoms with Crippen molar-refractivity contribution in [3.8, 4) is 0 Å². The predicted octanol–water partition coefficient (Wildman–Crippen LogP) is 3.81. The first kappa shape index (κ1) is 21.5. The molecule has 30 heavy (non-hydrogen) atoms. The minimum atomic E-state index is -1.74. The van der Waals surface area contributed by atoms with Crippen LogP contribution in [0.5, 0.6) is 0 Å². The molecule has 0 saturated carbocycles. The van der Waals surface area contributed by atoms with Gasteiger partial charge in [-0.2, -0.15) is 0 Å². The number of halogens is 1. The van der Waals surface area contributed by atoms with Gasteiger partial charge in [0.05, 0.1) is 10.6 Å². The van der Waals surface area contributed by atoms with Crippen LogP contribution in [0.25, 0.3) is 0 Å². The van der Waals surface area contributed by atoms with Gasteiger partial charge in [0.2, 0.25) is 0 Å². The van der Waals surface area contributed by atoms with Crippen LogP contribution in [0.4, 0.5) is 10.1 Å². The fraction of sp³-hybridized carbons (Fsp3) is 0.174. The summed E-state index contributed by atoms with van der Waals surface area (Å²) in [7, 11) is -1.74. The second kappa shape index (κ2) is 10.0. The highest BCUT2D eigenvalue weighted by molar-refractivity contribution is 7.83. The number of benzene rings is 2. The van der Waals surface area contributed by atoms with Crippen LogP contribution in [0, 0.1) is 0 Å². The third kappa shape index (κ3) is 5.24. The van der Waals surface area contributed by atoms with Crippen LogP contribution in [-0.2, 0) is 11.0 Å². The summed E-state index contributed by atoms with van der Waals surface area (Å²) in [5.74, 6) is -0.856. The third-order valence-electron chi connectivity index (χ3n) is 4.76. The highest BCUT2D eigenvalue weighted by Crippen LogP contribution is 2.18. The van der Waals surface area contributed by atoms with Crippen molar-refractivity contribution in [3.05, 3.63) is 97.0 Å². The molecule has 1 heterocycles. The highest BCUT2D eigenvalue weighted by Gasteiger charge is 2.23. The Kier molecular flexibility index (Phi) is 7.19. The molecule has 7 heteroatoms. The van der Waals surface area contributed by atoms with Crippen LogP contribution >= 0.6 is 0 Å². The number of piperazine rings is 1. The average Bonchev–Trinajstić information content (AvgIpc) is 2.79. The molecule has 1 aliphatic heterocycles. The molecule has 2 aromatic carbocycles. The second-order valence-electron chi connectivity index (χ2n) is 6.73. The number of para-hydroxylation sites is 1. The highest BCUT2D eigenvalue weighted by atomic mass is 32.2. The molecule has 2 aromatic rings. The fourth-order valence-electron chi connectivity index (χ4n) is 3.19. The van der Waals surface area contributed by atoms with E-state index in [0.29, 0.717) is 23.5 Å². The number of hydrogen-bond donors (Lipinski definition) is 1. The molecule has 0 bridgehead atoms. The predicted molar refractivity (Wildman–Crippen MR) is 119 cm³/mol. The molecular weight excluding hydrogens is 401 g/mol. The molecular formula is C23H24FN3O2S. The summed E-state index contributed by atoms with van der Waals surface area (Å²) in [5, 5.41) is 0. The van der Waals surface area contributed by atoms with Crippen molar-refractivity contribution in [2.75, 3.05) is 31.1 Å². The van der Waals surface area contributed by atoms with E-state index in [1.165, 1.54) is 12.2 Å². The SMILES string of the molecule is C=C/C=C(/NS(=O)c1cccc(C(=O)N2CCN(c3ccccc3)CC2)c1)C(=C)F. The zero-order valence-electron chi connectivity index (χ0n) is 16.6. The molecule has 1 saturated heterocycles. The summed E-state index contributed by atoms with van der Waals surface area (Å²) < 4.78 is 28.6. The summed E-state index contributed by atoms with van der Waals surface area (Å²) in [5.41, 5.74) is 1.58. The first-order valence-electron chi connectivity index (χ1n) is 9.55. The zero-order chi connectivity index (χ0) is 21.5. The van der Waals surface area contributed by atoms with Crippen LogP contribution in [0.15, 0.2) is 96.3 Å². The van der Waals surface area contributed by atoms with Gasteiger partial charge in [0.15, 0.2) is 0 Å². The van der Waals surface area contributed by atoms with Crippen molar-refractivity contribution >= 4 is 22.6 Å². The Morgan fingerprint density at radius 2 is 1.77 bits per heavy atom. The number of nitrogens with zero attached hydrogens (tertiary/aromatic N) is 2. The van der Waals surface area contributed by atoms with Crippen molar-refractivity contribution < 1.29 is 13.4 Å². The third-order valence-corrected chi connectivity index (χ3v) is 5.85. The molecule has 5 nitrogen and oxygen atoms in total. The Hall–Kier alpha value is -3.19. The second-order valence-corrected chi connectivity index (χ2v) is 7.95. The number of amides is 1. The van der Waals surface area contributed by atoms with Crippen molar-refractivity contribution in [1.82, 2.24) is 9.62 Å². The first-order chi connectivity index (χ1) is 14.5. The van der Waals surface area contributed by atoms with Crippen LogP contribution in [0.3, 0.4) is 0 Å². The maximum atomic E-state index is 13.5. The lowest BCUT2D eigenvalue weighted by Gasteiger charge is -2.36. The van der Waals surface area contributed by atoms with E-state index in [0.717, 1.165) is 18.8 Å². The summed E-state index contributed by atoms with van der Waals surface area (Å²) >= 11 is 0. The Labute approximate surface area is 178 Å². The van der Waals surface area contributed by atoms with Gasteiger partial charge < -0.3 is 9.80 Å². The summed E-state index contributed by atoms with van der Waals surface area (Å²) in [6, 6.07) is 16.7. The number of rotatable bonds is 7. The van der Waals surface area contributed by atoms with Crippen LogP contribution in [0.2, 0.25) is 0 Å². The average molecular weight is 426 g/mol. The van der Waals surface area contributed by atoms with Crippen LogP contribution < -0.4 is 9.62 Å². The first-order valence-corrected chi connectivity index (χ1v) is 10.7. The van der Waals surface area contributed by atoms with Gasteiger partial charge in [-0.05, 0) is 36.4 Å². The maximum Gasteiger partial charge on any atom is 0.254 e. The molecule has 0 aliphatic carbocycles. The molecule has 0 radical (unpaired) electrons. The van der Waals surface area contributed by atoms with E-state index in [4.69, 9.17) is 0 Å². The number of carbonyl (C=O) groups excluding carboxylic acids is 1. The molecule has 1 N–H and O–H groups in total. The van der Waals surface area contributed by atoms with Gasteiger partial charge in [0, 0.05) is 37.4 Å². The Morgan fingerprint density at radius 1 is 1.07 bits per heavy atom. The van der Waals surface area contributed by atoms with Crippen molar-refractivity contribution in [2.45, 2.75) is 4.90 Å².